The molecule has 5 nitrogen and oxygen atoms in total. The Labute approximate surface area is 105 Å². The van der Waals surface area contributed by atoms with Gasteiger partial charge in [0.25, 0.3) is 0 Å². The van der Waals surface area contributed by atoms with E-state index in [1.165, 1.54) is 0 Å². The van der Waals surface area contributed by atoms with Crippen LogP contribution >= 0.6 is 0 Å². The lowest BCUT2D eigenvalue weighted by Gasteiger charge is -2.13. The van der Waals surface area contributed by atoms with Crippen LogP contribution in [0.5, 0.6) is 0 Å². The van der Waals surface area contributed by atoms with E-state index in [4.69, 9.17) is 0 Å². The number of likely N-dealkylation sites (N-methyl/N-ethyl adjacent to an activating group) is 1. The summed E-state index contributed by atoms with van der Waals surface area (Å²) in [7, 11) is 1.66. The molecular weight excluding hydrogens is 228 g/mol. The zero-order valence-electron chi connectivity index (χ0n) is 10.1. The van der Waals surface area contributed by atoms with Gasteiger partial charge in [0.1, 0.15) is 11.9 Å². The Morgan fingerprint density at radius 3 is 2.83 bits per heavy atom. The third kappa shape index (κ3) is 1.59. The number of rotatable bonds is 2. The zero-order valence-corrected chi connectivity index (χ0v) is 10.1. The monoisotopic (exact) mass is 242 g/mol. The largest absolute Gasteiger partial charge is 0.357 e. The molecule has 2 heterocycles. The van der Waals surface area contributed by atoms with Crippen molar-refractivity contribution >= 4 is 5.91 Å². The molecule has 1 aliphatic rings. The molecule has 1 N–H and O–H groups in total. The first-order valence-electron chi connectivity index (χ1n) is 6.02. The van der Waals surface area contributed by atoms with Crippen molar-refractivity contribution in [3.05, 3.63) is 36.2 Å². The van der Waals surface area contributed by atoms with Gasteiger partial charge in [-0.15, -0.1) is 10.2 Å². The number of aryl methyl sites for hydroxylation is 1. The predicted molar refractivity (Wildman–Crippen MR) is 66.9 cm³/mol. The Hall–Kier alpha value is -2.17. The average molecular weight is 242 g/mol. The van der Waals surface area contributed by atoms with E-state index in [0.29, 0.717) is 0 Å². The van der Waals surface area contributed by atoms with Gasteiger partial charge in [-0.2, -0.15) is 0 Å². The highest BCUT2D eigenvalue weighted by Gasteiger charge is 2.31. The Morgan fingerprint density at radius 1 is 1.33 bits per heavy atom. The van der Waals surface area contributed by atoms with Crippen molar-refractivity contribution in [2.45, 2.75) is 18.9 Å². The summed E-state index contributed by atoms with van der Waals surface area (Å²) in [4.78, 5) is 11.9. The maximum absolute atomic E-state index is 11.9. The minimum absolute atomic E-state index is 0.0192. The fraction of sp³-hybridized carbons (Fsp3) is 0.308. The molecule has 92 valence electrons. The van der Waals surface area contributed by atoms with Crippen molar-refractivity contribution < 1.29 is 4.79 Å². The van der Waals surface area contributed by atoms with E-state index in [1.807, 2.05) is 34.9 Å². The minimum Gasteiger partial charge on any atom is -0.357 e. The van der Waals surface area contributed by atoms with Gasteiger partial charge in [-0.05, 0) is 6.42 Å². The fourth-order valence-electron chi connectivity index (χ4n) is 2.42. The lowest BCUT2D eigenvalue weighted by atomic mass is 10.2. The number of fused-ring (bicyclic) bond motifs is 1. The highest BCUT2D eigenvalue weighted by Crippen LogP contribution is 2.30. The summed E-state index contributed by atoms with van der Waals surface area (Å²) >= 11 is 0. The van der Waals surface area contributed by atoms with Crippen LogP contribution in [0.4, 0.5) is 0 Å². The first-order valence-corrected chi connectivity index (χ1v) is 6.02. The summed E-state index contributed by atoms with van der Waals surface area (Å²) in [6.07, 6.45) is 1.60. The second kappa shape index (κ2) is 4.25. The van der Waals surface area contributed by atoms with Gasteiger partial charge >= 0.3 is 0 Å². The molecule has 0 radical (unpaired) electrons. The number of amides is 1. The number of carbonyl (C=O) groups excluding carboxylic acids is 1. The summed E-state index contributed by atoms with van der Waals surface area (Å²) in [5.74, 6) is 1.69. The molecule has 18 heavy (non-hydrogen) atoms. The minimum atomic E-state index is -0.185. The van der Waals surface area contributed by atoms with Gasteiger partial charge in [0.05, 0.1) is 0 Å². The number of aromatic nitrogens is 3. The molecule has 3 rings (SSSR count). The van der Waals surface area contributed by atoms with Crippen molar-refractivity contribution in [3.8, 4) is 11.4 Å². The molecule has 2 aromatic rings. The van der Waals surface area contributed by atoms with Gasteiger partial charge in [-0.25, -0.2) is 0 Å². The Bertz CT molecular complexity index is 576. The second-order valence-electron chi connectivity index (χ2n) is 4.34. The van der Waals surface area contributed by atoms with Crippen molar-refractivity contribution in [2.24, 2.45) is 0 Å². The molecule has 1 aliphatic heterocycles. The third-order valence-corrected chi connectivity index (χ3v) is 3.30. The molecule has 0 fully saturated rings. The van der Waals surface area contributed by atoms with Crippen LogP contribution in [-0.4, -0.2) is 27.7 Å². The Kier molecular flexibility index (Phi) is 2.59. The van der Waals surface area contributed by atoms with Gasteiger partial charge in [-0.3, -0.25) is 9.36 Å². The molecule has 1 amide bonds. The van der Waals surface area contributed by atoms with Gasteiger partial charge in [0.15, 0.2) is 5.82 Å². The molecule has 1 aromatic carbocycles. The number of hydrogen-bond donors (Lipinski definition) is 1. The molecule has 0 saturated carbocycles. The van der Waals surface area contributed by atoms with Crippen LogP contribution in [0.3, 0.4) is 0 Å². The van der Waals surface area contributed by atoms with Crippen LogP contribution in [0.25, 0.3) is 11.4 Å². The molecule has 0 aliphatic carbocycles. The molecule has 1 atom stereocenters. The van der Waals surface area contributed by atoms with Crippen LogP contribution in [0.2, 0.25) is 0 Å². The van der Waals surface area contributed by atoms with Crippen LogP contribution in [0, 0.1) is 0 Å². The molecule has 5 heteroatoms. The third-order valence-electron chi connectivity index (χ3n) is 3.30. The Morgan fingerprint density at radius 2 is 2.11 bits per heavy atom. The second-order valence-corrected chi connectivity index (χ2v) is 4.34. The molecule has 0 saturated heterocycles. The van der Waals surface area contributed by atoms with Crippen LogP contribution in [-0.2, 0) is 11.2 Å². The van der Waals surface area contributed by atoms with E-state index in [2.05, 4.69) is 15.5 Å². The van der Waals surface area contributed by atoms with E-state index in [-0.39, 0.29) is 11.9 Å². The zero-order chi connectivity index (χ0) is 12.5. The lowest BCUT2D eigenvalue weighted by Crippen LogP contribution is -2.28. The van der Waals surface area contributed by atoms with Crippen molar-refractivity contribution in [2.75, 3.05) is 7.05 Å². The topological polar surface area (TPSA) is 59.8 Å². The van der Waals surface area contributed by atoms with Crippen LogP contribution < -0.4 is 5.32 Å². The molecule has 0 spiro atoms. The number of hydrogen-bond acceptors (Lipinski definition) is 3. The van der Waals surface area contributed by atoms with E-state index < -0.39 is 0 Å². The normalized spacial score (nSPS) is 17.5. The van der Waals surface area contributed by atoms with Gasteiger partial charge in [0.2, 0.25) is 5.91 Å². The summed E-state index contributed by atoms with van der Waals surface area (Å²) in [6.45, 7) is 0. The molecule has 0 bridgehead atoms. The SMILES string of the molecule is CNC(=O)[C@@H]1CCc2nnc(-c3ccccc3)n21. The highest BCUT2D eigenvalue weighted by atomic mass is 16.2. The fourth-order valence-corrected chi connectivity index (χ4v) is 2.42. The average Bonchev–Trinajstić information content (AvgIpc) is 3.00. The smallest absolute Gasteiger partial charge is 0.242 e. The van der Waals surface area contributed by atoms with Gasteiger partial charge < -0.3 is 5.32 Å². The molecular formula is C13H14N4O. The van der Waals surface area contributed by atoms with E-state index >= 15 is 0 Å². The van der Waals surface area contributed by atoms with Crippen LogP contribution in [0.15, 0.2) is 30.3 Å². The number of carbonyl (C=O) groups is 1. The summed E-state index contributed by atoms with van der Waals surface area (Å²) in [5.41, 5.74) is 0.993. The summed E-state index contributed by atoms with van der Waals surface area (Å²) < 4.78 is 1.95. The van der Waals surface area contributed by atoms with Crippen molar-refractivity contribution in [1.29, 1.82) is 0 Å². The summed E-state index contributed by atoms with van der Waals surface area (Å²) in [6, 6.07) is 9.66. The predicted octanol–water partition coefficient (Wildman–Crippen LogP) is 1.18. The van der Waals surface area contributed by atoms with E-state index in [0.717, 1.165) is 30.1 Å². The number of benzene rings is 1. The van der Waals surface area contributed by atoms with Gasteiger partial charge in [0, 0.05) is 19.0 Å². The van der Waals surface area contributed by atoms with Crippen molar-refractivity contribution in [3.63, 3.8) is 0 Å². The van der Waals surface area contributed by atoms with E-state index in [9.17, 15) is 4.79 Å². The first-order chi connectivity index (χ1) is 8.81. The highest BCUT2D eigenvalue weighted by molar-refractivity contribution is 5.81. The van der Waals surface area contributed by atoms with Crippen molar-refractivity contribution in [1.82, 2.24) is 20.1 Å². The first kappa shape index (κ1) is 11.0. The standard InChI is InChI=1S/C13H14N4O/c1-14-13(18)10-7-8-11-15-16-12(17(10)11)9-5-3-2-4-6-9/h2-6,10H,7-8H2,1H3,(H,14,18)/t10-/m0/s1. The number of nitrogens with one attached hydrogen (secondary N) is 1. The van der Waals surface area contributed by atoms with Crippen LogP contribution in [0.1, 0.15) is 18.3 Å². The maximum Gasteiger partial charge on any atom is 0.242 e. The lowest BCUT2D eigenvalue weighted by molar-refractivity contribution is -0.123. The summed E-state index contributed by atoms with van der Waals surface area (Å²) in [5, 5.41) is 11.1. The molecule has 0 unspecified atom stereocenters. The maximum atomic E-state index is 11.9. The quantitative estimate of drug-likeness (QED) is 0.860. The van der Waals surface area contributed by atoms with Gasteiger partial charge in [-0.1, -0.05) is 30.3 Å². The Balaban J connectivity index is 2.07. The molecule has 1 aromatic heterocycles. The number of nitrogens with zero attached hydrogens (tertiary/aromatic N) is 3. The van der Waals surface area contributed by atoms with E-state index in [1.54, 1.807) is 7.05 Å².